The fourth-order valence-electron chi connectivity index (χ4n) is 6.44. The van der Waals surface area contributed by atoms with E-state index in [1.807, 2.05) is 13.8 Å². The summed E-state index contributed by atoms with van der Waals surface area (Å²) in [5, 5.41) is 0. The minimum Gasteiger partial charge on any atom is -0.463 e. The first-order valence-electron chi connectivity index (χ1n) is 11.0. The lowest BCUT2D eigenvalue weighted by molar-refractivity contribution is -0.138. The van der Waals surface area contributed by atoms with E-state index in [0.717, 1.165) is 12.0 Å². The molecule has 1 aromatic rings. The van der Waals surface area contributed by atoms with Crippen LogP contribution in [0.1, 0.15) is 65.9 Å². The molecule has 3 rings (SSSR count). The van der Waals surface area contributed by atoms with Gasteiger partial charge in [0.1, 0.15) is 0 Å². The second-order valence-electron chi connectivity index (χ2n) is 9.05. The molecule has 0 saturated heterocycles. The average molecular weight is 381 g/mol. The fourth-order valence-corrected chi connectivity index (χ4v) is 6.44. The lowest BCUT2D eigenvalue weighted by Gasteiger charge is -2.51. The maximum absolute atomic E-state index is 12.5. The molecule has 1 fully saturated rings. The third-order valence-corrected chi connectivity index (χ3v) is 7.37. The Morgan fingerprint density at radius 3 is 2.46 bits per heavy atom. The van der Waals surface area contributed by atoms with E-state index in [1.165, 1.54) is 17.6 Å². The van der Waals surface area contributed by atoms with Crippen LogP contribution in [0, 0.1) is 29.1 Å². The Bertz CT molecular complexity index is 760. The zero-order valence-electron chi connectivity index (χ0n) is 18.4. The summed E-state index contributed by atoms with van der Waals surface area (Å²) in [5.74, 6) is 2.59. The number of allylic oxidation sites excluding steroid dienone is 3. The average Bonchev–Trinajstić information content (AvgIpc) is 3.00. The summed E-state index contributed by atoms with van der Waals surface area (Å²) in [6.07, 6.45) is 7.07. The zero-order valence-corrected chi connectivity index (χ0v) is 18.4. The predicted octanol–water partition coefficient (Wildman–Crippen LogP) is 6.54. The molecule has 2 aliphatic rings. The van der Waals surface area contributed by atoms with Crippen molar-refractivity contribution < 1.29 is 9.53 Å². The van der Waals surface area contributed by atoms with Gasteiger partial charge in [-0.2, -0.15) is 0 Å². The van der Waals surface area contributed by atoms with E-state index >= 15 is 0 Å². The van der Waals surface area contributed by atoms with Crippen molar-refractivity contribution in [3.05, 3.63) is 59.2 Å². The molecule has 0 heterocycles. The van der Waals surface area contributed by atoms with Gasteiger partial charge >= 0.3 is 5.97 Å². The first-order chi connectivity index (χ1) is 13.4. The molecule has 1 aromatic carbocycles. The lowest BCUT2D eigenvalue weighted by atomic mass is 9.53. The molecule has 2 aliphatic carbocycles. The molecule has 0 bridgehead atoms. The summed E-state index contributed by atoms with van der Waals surface area (Å²) in [6.45, 7) is 13.7. The molecule has 152 valence electrons. The third kappa shape index (κ3) is 3.47. The van der Waals surface area contributed by atoms with Crippen LogP contribution < -0.4 is 0 Å². The van der Waals surface area contributed by atoms with E-state index in [2.05, 4.69) is 70.2 Å². The van der Waals surface area contributed by atoms with E-state index < -0.39 is 0 Å². The van der Waals surface area contributed by atoms with Crippen molar-refractivity contribution in [3.8, 4) is 0 Å². The number of fused-ring (bicyclic) bond motifs is 1. The Labute approximate surface area is 171 Å². The molecule has 28 heavy (non-hydrogen) atoms. The maximum atomic E-state index is 12.5. The highest BCUT2D eigenvalue weighted by molar-refractivity contribution is 5.88. The summed E-state index contributed by atoms with van der Waals surface area (Å²) < 4.78 is 5.33. The SMILES string of the molecule is CCOC(=O)/C(C)=C/[C@]1(CC)[C@@H]2[C@@H](C(C)=C[C@@H]1c1ccccc1)[C@H](C)C[C@H]2C. The van der Waals surface area contributed by atoms with Crippen molar-refractivity contribution in [2.45, 2.75) is 60.3 Å². The molecule has 0 aromatic heterocycles. The number of esters is 1. The minimum absolute atomic E-state index is 0.0629. The van der Waals surface area contributed by atoms with Crippen molar-refractivity contribution >= 4 is 5.97 Å². The van der Waals surface area contributed by atoms with Gasteiger partial charge in [-0.1, -0.05) is 68.8 Å². The molecular weight excluding hydrogens is 344 g/mol. The van der Waals surface area contributed by atoms with Crippen LogP contribution in [0.25, 0.3) is 0 Å². The molecule has 0 radical (unpaired) electrons. The molecule has 0 spiro atoms. The Morgan fingerprint density at radius 1 is 1.18 bits per heavy atom. The van der Waals surface area contributed by atoms with E-state index in [-0.39, 0.29) is 17.3 Å². The van der Waals surface area contributed by atoms with Crippen molar-refractivity contribution in [2.24, 2.45) is 29.1 Å². The highest BCUT2D eigenvalue weighted by Crippen LogP contribution is 2.63. The van der Waals surface area contributed by atoms with Crippen molar-refractivity contribution in [2.75, 3.05) is 6.61 Å². The fraction of sp³-hybridized carbons (Fsp3) is 0.577. The largest absolute Gasteiger partial charge is 0.463 e. The summed E-state index contributed by atoms with van der Waals surface area (Å²) in [5.41, 5.74) is 3.57. The summed E-state index contributed by atoms with van der Waals surface area (Å²) >= 11 is 0. The molecule has 0 N–H and O–H groups in total. The van der Waals surface area contributed by atoms with Crippen LogP contribution in [0.3, 0.4) is 0 Å². The van der Waals surface area contributed by atoms with Gasteiger partial charge in [-0.3, -0.25) is 0 Å². The van der Waals surface area contributed by atoms with Crippen molar-refractivity contribution in [1.82, 2.24) is 0 Å². The molecule has 6 atom stereocenters. The Hall–Kier alpha value is -1.83. The number of carbonyl (C=O) groups excluding carboxylic acids is 1. The smallest absolute Gasteiger partial charge is 0.333 e. The van der Waals surface area contributed by atoms with Crippen molar-refractivity contribution in [3.63, 3.8) is 0 Å². The molecule has 1 saturated carbocycles. The van der Waals surface area contributed by atoms with Gasteiger partial charge in [-0.25, -0.2) is 4.79 Å². The van der Waals surface area contributed by atoms with Gasteiger partial charge in [-0.15, -0.1) is 0 Å². The van der Waals surface area contributed by atoms with Crippen LogP contribution in [-0.4, -0.2) is 12.6 Å². The second-order valence-corrected chi connectivity index (χ2v) is 9.05. The maximum Gasteiger partial charge on any atom is 0.333 e. The van der Waals surface area contributed by atoms with E-state index in [0.29, 0.717) is 30.3 Å². The van der Waals surface area contributed by atoms with Gasteiger partial charge in [0.15, 0.2) is 0 Å². The Morgan fingerprint density at radius 2 is 1.86 bits per heavy atom. The van der Waals surface area contributed by atoms with Gasteiger partial charge in [0, 0.05) is 16.9 Å². The number of benzene rings is 1. The van der Waals surface area contributed by atoms with Crippen LogP contribution in [0.15, 0.2) is 53.6 Å². The van der Waals surface area contributed by atoms with Gasteiger partial charge in [0.05, 0.1) is 6.61 Å². The van der Waals surface area contributed by atoms with E-state index in [1.54, 1.807) is 0 Å². The minimum atomic E-state index is -0.177. The first kappa shape index (κ1) is 20.9. The molecule has 2 nitrogen and oxygen atoms in total. The second kappa shape index (κ2) is 8.27. The topological polar surface area (TPSA) is 26.3 Å². The Kier molecular flexibility index (Phi) is 6.17. The normalized spacial score (nSPS) is 35.3. The number of hydrogen-bond donors (Lipinski definition) is 0. The first-order valence-corrected chi connectivity index (χ1v) is 11.0. The van der Waals surface area contributed by atoms with Gasteiger partial charge in [0.25, 0.3) is 0 Å². The molecule has 0 aliphatic heterocycles. The van der Waals surface area contributed by atoms with Crippen LogP contribution in [0.5, 0.6) is 0 Å². The number of ether oxygens (including phenoxy) is 1. The number of carbonyl (C=O) groups is 1. The van der Waals surface area contributed by atoms with Gasteiger partial charge in [0.2, 0.25) is 0 Å². The van der Waals surface area contributed by atoms with E-state index in [9.17, 15) is 4.79 Å². The summed E-state index contributed by atoms with van der Waals surface area (Å²) in [6, 6.07) is 10.8. The zero-order chi connectivity index (χ0) is 20.5. The van der Waals surface area contributed by atoms with Crippen LogP contribution in [0.4, 0.5) is 0 Å². The quantitative estimate of drug-likeness (QED) is 0.329. The van der Waals surface area contributed by atoms with Gasteiger partial charge in [-0.05, 0) is 62.8 Å². The van der Waals surface area contributed by atoms with Crippen LogP contribution >= 0.6 is 0 Å². The predicted molar refractivity (Wildman–Crippen MR) is 116 cm³/mol. The van der Waals surface area contributed by atoms with Crippen LogP contribution in [0.2, 0.25) is 0 Å². The molecule has 0 unspecified atom stereocenters. The van der Waals surface area contributed by atoms with Gasteiger partial charge < -0.3 is 4.74 Å². The summed E-state index contributed by atoms with van der Waals surface area (Å²) in [4.78, 5) is 12.5. The molecule has 2 heteroatoms. The molecular formula is C26H36O2. The van der Waals surface area contributed by atoms with Crippen molar-refractivity contribution in [1.29, 1.82) is 0 Å². The van der Waals surface area contributed by atoms with Crippen LogP contribution in [-0.2, 0) is 9.53 Å². The highest BCUT2D eigenvalue weighted by Gasteiger charge is 2.55. The number of rotatable bonds is 5. The monoisotopic (exact) mass is 380 g/mol. The standard InChI is InChI=1S/C26H36O2/c1-7-26(16-20(6)25(27)28-8-2)22(21-12-10-9-11-13-21)15-18(4)23-17(3)14-19(5)24(23)26/h9-13,15-17,19,22-24H,7-8,14H2,1-6H3/b20-16+/t17-,19-,22-,23-,24+,26+/m1/s1. The third-order valence-electron chi connectivity index (χ3n) is 7.37. The Balaban J connectivity index is 2.20. The number of hydrogen-bond acceptors (Lipinski definition) is 2. The highest BCUT2D eigenvalue weighted by atomic mass is 16.5. The van der Waals surface area contributed by atoms with E-state index in [4.69, 9.17) is 4.74 Å². The lowest BCUT2D eigenvalue weighted by Crippen LogP contribution is -2.43. The molecule has 0 amide bonds. The summed E-state index contributed by atoms with van der Waals surface area (Å²) in [7, 11) is 0.